The number of hydrogen-bond donors (Lipinski definition) is 2. The second-order valence-electron chi connectivity index (χ2n) is 7.99. The zero-order valence-corrected chi connectivity index (χ0v) is 19.1. The Kier molecular flexibility index (Phi) is 6.27. The predicted molar refractivity (Wildman–Crippen MR) is 124 cm³/mol. The maximum absolute atomic E-state index is 13.9. The van der Waals surface area contributed by atoms with Crippen molar-refractivity contribution in [2.75, 3.05) is 30.5 Å². The van der Waals surface area contributed by atoms with E-state index in [0.717, 1.165) is 11.3 Å². The molecule has 2 aliphatic heterocycles. The van der Waals surface area contributed by atoms with Crippen molar-refractivity contribution in [1.82, 2.24) is 15.1 Å². The van der Waals surface area contributed by atoms with E-state index in [1.807, 2.05) is 0 Å². The average Bonchev–Trinajstić information content (AvgIpc) is 3.55. The normalized spacial score (nSPS) is 16.6. The number of halogens is 1. The summed E-state index contributed by atoms with van der Waals surface area (Å²) in [5, 5.41) is 13.1. The molecule has 0 bridgehead atoms. The number of nitrogens with one attached hydrogen (secondary N) is 2. The Morgan fingerprint density at radius 3 is 2.69 bits per heavy atom. The van der Waals surface area contributed by atoms with Gasteiger partial charge >= 0.3 is 0 Å². The van der Waals surface area contributed by atoms with E-state index < -0.39 is 23.5 Å². The standard InChI is InChI=1S/C23H20FN5O5S/c24-15-5-1-2-6-16(15)26-19(30)13-4-3-9-29(11-13)23(32)22-28-27-21(35-22)20(31)25-14-7-8-17-18(10-14)34-12-33-17/h1-2,5-8,10,13H,3-4,9,11-12H2,(H,25,31)(H,26,30). The lowest BCUT2D eigenvalue weighted by atomic mass is 9.97. The molecule has 12 heteroatoms. The number of carbonyl (C=O) groups is 3. The molecule has 2 aromatic carbocycles. The fourth-order valence-electron chi connectivity index (χ4n) is 3.87. The van der Waals surface area contributed by atoms with E-state index in [2.05, 4.69) is 20.8 Å². The van der Waals surface area contributed by atoms with Crippen molar-refractivity contribution >= 4 is 40.4 Å². The first-order chi connectivity index (χ1) is 17.0. The number of nitrogens with zero attached hydrogens (tertiary/aromatic N) is 3. The SMILES string of the molecule is O=C(Nc1ccc2c(c1)OCO2)c1nnc(C(=O)N2CCCC(C(=O)Nc3ccccc3F)C2)s1. The van der Waals surface area contributed by atoms with Crippen LogP contribution < -0.4 is 20.1 Å². The zero-order chi connectivity index (χ0) is 24.4. The van der Waals surface area contributed by atoms with Crippen molar-refractivity contribution in [3.63, 3.8) is 0 Å². The van der Waals surface area contributed by atoms with Crippen LogP contribution in [0.1, 0.15) is 32.4 Å². The second-order valence-corrected chi connectivity index (χ2v) is 8.97. The minimum absolute atomic E-state index is 0.0249. The molecule has 1 unspecified atom stereocenters. The average molecular weight is 498 g/mol. The molecule has 1 saturated heterocycles. The Bertz CT molecular complexity index is 1300. The Balaban J connectivity index is 1.21. The van der Waals surface area contributed by atoms with Crippen LogP contribution in [0.3, 0.4) is 0 Å². The number of fused-ring (bicyclic) bond motifs is 1. The maximum Gasteiger partial charge on any atom is 0.286 e. The van der Waals surface area contributed by atoms with Gasteiger partial charge in [-0.25, -0.2) is 4.39 Å². The summed E-state index contributed by atoms with van der Waals surface area (Å²) in [6.07, 6.45) is 1.18. The molecule has 0 saturated carbocycles. The Morgan fingerprint density at radius 1 is 1.03 bits per heavy atom. The van der Waals surface area contributed by atoms with Gasteiger partial charge in [0.05, 0.1) is 11.6 Å². The van der Waals surface area contributed by atoms with Gasteiger partial charge in [-0.15, -0.1) is 10.2 Å². The van der Waals surface area contributed by atoms with Gasteiger partial charge in [-0.1, -0.05) is 23.5 Å². The summed E-state index contributed by atoms with van der Waals surface area (Å²) in [6, 6.07) is 10.9. The van der Waals surface area contributed by atoms with E-state index in [1.165, 1.54) is 23.1 Å². The van der Waals surface area contributed by atoms with E-state index >= 15 is 0 Å². The summed E-state index contributed by atoms with van der Waals surface area (Å²) in [5.74, 6) is -1.18. The van der Waals surface area contributed by atoms with Crippen LogP contribution in [0, 0.1) is 11.7 Å². The van der Waals surface area contributed by atoms with Crippen LogP contribution in [0.15, 0.2) is 42.5 Å². The highest BCUT2D eigenvalue weighted by Gasteiger charge is 2.31. The van der Waals surface area contributed by atoms with Gasteiger partial charge in [0.1, 0.15) is 5.82 Å². The zero-order valence-electron chi connectivity index (χ0n) is 18.3. The molecule has 1 fully saturated rings. The minimum atomic E-state index is -0.523. The molecule has 0 spiro atoms. The predicted octanol–water partition coefficient (Wildman–Crippen LogP) is 3.15. The first-order valence-corrected chi connectivity index (χ1v) is 11.7. The van der Waals surface area contributed by atoms with Gasteiger partial charge in [0.15, 0.2) is 11.5 Å². The highest BCUT2D eigenvalue weighted by molar-refractivity contribution is 7.15. The van der Waals surface area contributed by atoms with Gasteiger partial charge in [-0.05, 0) is 37.1 Å². The lowest BCUT2D eigenvalue weighted by molar-refractivity contribution is -0.121. The molecule has 35 heavy (non-hydrogen) atoms. The number of amides is 3. The number of rotatable bonds is 5. The van der Waals surface area contributed by atoms with Gasteiger partial charge in [0.2, 0.25) is 22.7 Å². The van der Waals surface area contributed by atoms with E-state index in [1.54, 1.807) is 24.3 Å². The first kappa shape index (κ1) is 22.7. The molecule has 3 amide bonds. The van der Waals surface area contributed by atoms with Crippen LogP contribution in [-0.4, -0.2) is 52.7 Å². The molecule has 0 aliphatic carbocycles. The van der Waals surface area contributed by atoms with Crippen LogP contribution in [0.25, 0.3) is 0 Å². The molecule has 2 aliphatic rings. The van der Waals surface area contributed by atoms with Crippen LogP contribution in [0.2, 0.25) is 0 Å². The lowest BCUT2D eigenvalue weighted by Crippen LogP contribution is -2.43. The second kappa shape index (κ2) is 9.66. The smallest absolute Gasteiger partial charge is 0.286 e. The van der Waals surface area contributed by atoms with E-state index in [-0.39, 0.29) is 34.9 Å². The van der Waals surface area contributed by atoms with Gasteiger partial charge in [0.25, 0.3) is 11.8 Å². The van der Waals surface area contributed by atoms with Crippen LogP contribution in [0.4, 0.5) is 15.8 Å². The summed E-state index contributed by atoms with van der Waals surface area (Å²) >= 11 is 0.870. The molecule has 5 rings (SSSR count). The van der Waals surface area contributed by atoms with Crippen molar-refractivity contribution in [3.8, 4) is 11.5 Å². The monoisotopic (exact) mass is 497 g/mol. The number of para-hydroxylation sites is 1. The summed E-state index contributed by atoms with van der Waals surface area (Å²) in [6.45, 7) is 0.731. The Morgan fingerprint density at radius 2 is 1.83 bits per heavy atom. The van der Waals surface area contributed by atoms with Crippen molar-refractivity contribution in [2.45, 2.75) is 12.8 Å². The minimum Gasteiger partial charge on any atom is -0.454 e. The number of benzene rings is 2. The number of anilines is 2. The van der Waals surface area contributed by atoms with E-state index in [4.69, 9.17) is 9.47 Å². The topological polar surface area (TPSA) is 123 Å². The number of hydrogen-bond acceptors (Lipinski definition) is 8. The number of likely N-dealkylation sites (tertiary alicyclic amines) is 1. The summed E-state index contributed by atoms with van der Waals surface area (Å²) in [5.41, 5.74) is 0.588. The Labute approximate surface area is 203 Å². The molecule has 2 N–H and O–H groups in total. The van der Waals surface area contributed by atoms with Crippen LogP contribution in [0.5, 0.6) is 11.5 Å². The molecule has 180 valence electrons. The molecule has 10 nitrogen and oxygen atoms in total. The molecular formula is C23H20FN5O5S. The van der Waals surface area contributed by atoms with Crippen molar-refractivity contribution < 1.29 is 28.2 Å². The third-order valence-electron chi connectivity index (χ3n) is 5.64. The molecule has 3 heterocycles. The molecule has 0 radical (unpaired) electrons. The van der Waals surface area contributed by atoms with Gasteiger partial charge in [-0.2, -0.15) is 0 Å². The first-order valence-electron chi connectivity index (χ1n) is 10.9. The largest absolute Gasteiger partial charge is 0.454 e. The van der Waals surface area contributed by atoms with E-state index in [0.29, 0.717) is 36.6 Å². The molecular weight excluding hydrogens is 477 g/mol. The van der Waals surface area contributed by atoms with E-state index in [9.17, 15) is 18.8 Å². The highest BCUT2D eigenvalue weighted by Crippen LogP contribution is 2.34. The van der Waals surface area contributed by atoms with Gasteiger partial charge < -0.3 is 25.0 Å². The highest BCUT2D eigenvalue weighted by atomic mass is 32.1. The number of piperidine rings is 1. The molecule has 3 aromatic rings. The third-order valence-corrected chi connectivity index (χ3v) is 6.55. The fourth-order valence-corrected chi connectivity index (χ4v) is 4.58. The number of ether oxygens (including phenoxy) is 2. The summed E-state index contributed by atoms with van der Waals surface area (Å²) < 4.78 is 24.4. The van der Waals surface area contributed by atoms with Crippen molar-refractivity contribution in [3.05, 3.63) is 58.3 Å². The van der Waals surface area contributed by atoms with Crippen LogP contribution in [-0.2, 0) is 4.79 Å². The summed E-state index contributed by atoms with van der Waals surface area (Å²) in [4.78, 5) is 39.7. The lowest BCUT2D eigenvalue weighted by Gasteiger charge is -2.31. The maximum atomic E-state index is 13.9. The van der Waals surface area contributed by atoms with Crippen molar-refractivity contribution in [1.29, 1.82) is 0 Å². The third kappa shape index (κ3) is 4.92. The van der Waals surface area contributed by atoms with Crippen LogP contribution >= 0.6 is 11.3 Å². The fraction of sp³-hybridized carbons (Fsp3) is 0.261. The van der Waals surface area contributed by atoms with Gasteiger partial charge in [-0.3, -0.25) is 14.4 Å². The molecule has 1 atom stereocenters. The number of carbonyl (C=O) groups excluding carboxylic acids is 3. The number of aromatic nitrogens is 2. The van der Waals surface area contributed by atoms with Gasteiger partial charge in [0, 0.05) is 24.8 Å². The quantitative estimate of drug-likeness (QED) is 0.555. The Hall–Kier alpha value is -4.06. The summed E-state index contributed by atoms with van der Waals surface area (Å²) in [7, 11) is 0. The van der Waals surface area contributed by atoms with Crippen molar-refractivity contribution in [2.24, 2.45) is 5.92 Å². The molecule has 1 aromatic heterocycles.